The van der Waals surface area contributed by atoms with Crippen LogP contribution in [0.3, 0.4) is 0 Å². The Labute approximate surface area is 188 Å². The molecular weight excluding hydrogens is 440 g/mol. The van der Waals surface area contributed by atoms with Gasteiger partial charge in [0.2, 0.25) is 0 Å². The highest BCUT2D eigenvalue weighted by Gasteiger charge is 2.26. The van der Waals surface area contributed by atoms with Gasteiger partial charge in [-0.3, -0.25) is 20.2 Å². The van der Waals surface area contributed by atoms with Crippen molar-refractivity contribution in [2.24, 2.45) is 0 Å². The molecule has 2 rings (SSSR count). The fourth-order valence-electron chi connectivity index (χ4n) is 2.56. The van der Waals surface area contributed by atoms with Gasteiger partial charge in [0.25, 0.3) is 11.4 Å². The van der Waals surface area contributed by atoms with E-state index in [9.17, 15) is 29.8 Å². The number of benzene rings is 2. The lowest BCUT2D eigenvalue weighted by atomic mass is 10.0. The second kappa shape index (κ2) is 10.9. The summed E-state index contributed by atoms with van der Waals surface area (Å²) >= 11 is 0. The first-order valence-corrected chi connectivity index (χ1v) is 9.73. The van der Waals surface area contributed by atoms with Gasteiger partial charge < -0.3 is 18.9 Å². The number of ether oxygens (including phenoxy) is 4. The van der Waals surface area contributed by atoms with Crippen molar-refractivity contribution in [1.29, 1.82) is 0 Å². The van der Waals surface area contributed by atoms with E-state index in [4.69, 9.17) is 18.9 Å². The molecule has 0 aliphatic heterocycles. The lowest BCUT2D eigenvalue weighted by Gasteiger charge is -2.25. The third-order valence-corrected chi connectivity index (χ3v) is 4.31. The Bertz CT molecular complexity index is 1000. The van der Waals surface area contributed by atoms with Crippen LogP contribution in [0.1, 0.15) is 33.6 Å². The molecule has 176 valence electrons. The van der Waals surface area contributed by atoms with Gasteiger partial charge in [0.05, 0.1) is 9.85 Å². The summed E-state index contributed by atoms with van der Waals surface area (Å²) in [6.07, 6.45) is -1.90. The molecule has 0 aromatic heterocycles. The van der Waals surface area contributed by atoms with Crippen molar-refractivity contribution in [2.75, 3.05) is 0 Å². The third kappa shape index (κ3) is 8.44. The molecule has 0 saturated carbocycles. The number of hydrogen-bond acceptors (Lipinski definition) is 10. The molecule has 12 nitrogen and oxygen atoms in total. The highest BCUT2D eigenvalue weighted by atomic mass is 16.7. The zero-order valence-corrected chi connectivity index (χ0v) is 18.1. The van der Waals surface area contributed by atoms with Crippen molar-refractivity contribution in [3.8, 4) is 11.5 Å². The summed E-state index contributed by atoms with van der Waals surface area (Å²) in [4.78, 5) is 44.0. The van der Waals surface area contributed by atoms with Crippen molar-refractivity contribution in [3.05, 3.63) is 68.8 Å². The van der Waals surface area contributed by atoms with Crippen LogP contribution < -0.4 is 9.47 Å². The number of hydrogen-bond donors (Lipinski definition) is 0. The molecule has 0 aliphatic carbocycles. The van der Waals surface area contributed by atoms with Gasteiger partial charge >= 0.3 is 12.3 Å². The molecule has 33 heavy (non-hydrogen) atoms. The van der Waals surface area contributed by atoms with Crippen molar-refractivity contribution in [2.45, 2.75) is 45.3 Å². The van der Waals surface area contributed by atoms with Gasteiger partial charge in [-0.2, -0.15) is 0 Å². The van der Waals surface area contributed by atoms with Gasteiger partial charge in [-0.25, -0.2) is 9.59 Å². The first kappa shape index (κ1) is 25.0. The summed E-state index contributed by atoms with van der Waals surface area (Å²) < 4.78 is 20.4. The normalized spacial score (nSPS) is 11.7. The van der Waals surface area contributed by atoms with E-state index in [2.05, 4.69) is 0 Å². The monoisotopic (exact) mass is 462 g/mol. The van der Waals surface area contributed by atoms with Crippen LogP contribution in [0.5, 0.6) is 11.5 Å². The van der Waals surface area contributed by atoms with Crippen LogP contribution in [-0.2, 0) is 9.47 Å². The van der Waals surface area contributed by atoms with Crippen molar-refractivity contribution < 1.29 is 38.4 Å². The Hall–Kier alpha value is -4.22. The van der Waals surface area contributed by atoms with Crippen LogP contribution in [0, 0.1) is 20.2 Å². The highest BCUT2D eigenvalue weighted by Crippen LogP contribution is 2.23. The predicted molar refractivity (Wildman–Crippen MR) is 113 cm³/mol. The number of nitro groups is 2. The molecule has 1 unspecified atom stereocenters. The maximum absolute atomic E-state index is 12.0. The van der Waals surface area contributed by atoms with Crippen molar-refractivity contribution >= 4 is 23.7 Å². The number of non-ortho nitro benzene ring substituents is 2. The second-order valence-corrected chi connectivity index (χ2v) is 7.54. The Morgan fingerprint density at radius 1 is 0.848 bits per heavy atom. The lowest BCUT2D eigenvalue weighted by Crippen LogP contribution is -2.31. The number of carbonyl (C=O) groups excluding carboxylic acids is 2. The molecule has 2 aromatic rings. The van der Waals surface area contributed by atoms with Crippen LogP contribution in [-0.4, -0.2) is 33.9 Å². The van der Waals surface area contributed by atoms with Crippen molar-refractivity contribution in [1.82, 2.24) is 0 Å². The Kier molecular flexibility index (Phi) is 8.26. The van der Waals surface area contributed by atoms with Gasteiger partial charge in [0.15, 0.2) is 0 Å². The van der Waals surface area contributed by atoms with Crippen LogP contribution in [0.15, 0.2) is 48.5 Å². The first-order chi connectivity index (χ1) is 15.4. The molecule has 0 bridgehead atoms. The summed E-state index contributed by atoms with van der Waals surface area (Å²) in [5.41, 5.74) is -1.24. The molecule has 0 N–H and O–H groups in total. The molecule has 1 atom stereocenters. The van der Waals surface area contributed by atoms with Crippen LogP contribution in [0.25, 0.3) is 0 Å². The summed E-state index contributed by atoms with van der Waals surface area (Å²) in [5.74, 6) is 0.183. The molecule has 0 fully saturated rings. The molecule has 0 heterocycles. The van der Waals surface area contributed by atoms with E-state index < -0.39 is 33.9 Å². The maximum atomic E-state index is 12.0. The van der Waals surface area contributed by atoms with Crippen LogP contribution >= 0.6 is 0 Å². The molecule has 0 saturated heterocycles. The summed E-state index contributed by atoms with van der Waals surface area (Å²) in [6.45, 7) is 4.92. The predicted octanol–water partition coefficient (Wildman–Crippen LogP) is 5.18. The number of nitro benzene ring substituents is 2. The smallest absolute Gasteiger partial charge is 0.431 e. The average molecular weight is 462 g/mol. The standard InChI is InChI=1S/C21H22N2O10/c1-14(30-19(24)31-17-8-4-15(5-9-17)22(26)27)12-13-21(2,3)33-20(25)32-18-10-6-16(7-11-18)23(28)29/h4-11,14H,12-13H2,1-3H3. The molecule has 0 spiro atoms. The molecule has 12 heteroatoms. The summed E-state index contributed by atoms with van der Waals surface area (Å²) in [7, 11) is 0. The largest absolute Gasteiger partial charge is 0.514 e. The number of rotatable bonds is 9. The van der Waals surface area contributed by atoms with E-state index in [-0.39, 0.29) is 22.9 Å². The second-order valence-electron chi connectivity index (χ2n) is 7.54. The van der Waals surface area contributed by atoms with E-state index in [1.165, 1.54) is 48.5 Å². The van der Waals surface area contributed by atoms with E-state index >= 15 is 0 Å². The quantitative estimate of drug-likeness (QED) is 0.210. The Morgan fingerprint density at radius 2 is 1.27 bits per heavy atom. The molecule has 0 radical (unpaired) electrons. The zero-order valence-electron chi connectivity index (χ0n) is 18.1. The maximum Gasteiger partial charge on any atom is 0.514 e. The van der Waals surface area contributed by atoms with E-state index in [1.807, 2.05) is 0 Å². The van der Waals surface area contributed by atoms with Crippen molar-refractivity contribution in [3.63, 3.8) is 0 Å². The zero-order chi connectivity index (χ0) is 24.6. The van der Waals surface area contributed by atoms with E-state index in [1.54, 1.807) is 20.8 Å². The van der Waals surface area contributed by atoms with Gasteiger partial charge in [0, 0.05) is 24.3 Å². The summed E-state index contributed by atoms with van der Waals surface area (Å²) in [5, 5.41) is 21.3. The number of nitrogens with zero attached hydrogens (tertiary/aromatic N) is 2. The fraction of sp³-hybridized carbons (Fsp3) is 0.333. The average Bonchev–Trinajstić information content (AvgIpc) is 2.72. The first-order valence-electron chi connectivity index (χ1n) is 9.73. The number of carbonyl (C=O) groups is 2. The van der Waals surface area contributed by atoms with E-state index in [0.717, 1.165) is 0 Å². The molecular formula is C21H22N2O10. The minimum absolute atomic E-state index is 0.0899. The van der Waals surface area contributed by atoms with E-state index in [0.29, 0.717) is 12.8 Å². The summed E-state index contributed by atoms with van der Waals surface area (Å²) in [6, 6.07) is 9.89. The van der Waals surface area contributed by atoms with Gasteiger partial charge in [-0.15, -0.1) is 0 Å². The minimum Gasteiger partial charge on any atom is -0.431 e. The SMILES string of the molecule is CC(CCC(C)(C)OC(=O)Oc1ccc([N+](=O)[O-])cc1)OC(=O)Oc1ccc([N+](=O)[O-])cc1. The minimum atomic E-state index is -0.986. The highest BCUT2D eigenvalue weighted by molar-refractivity contribution is 5.65. The topological polar surface area (TPSA) is 157 Å². The Morgan fingerprint density at radius 3 is 1.70 bits per heavy atom. The van der Waals surface area contributed by atoms with Gasteiger partial charge in [-0.1, -0.05) is 0 Å². The molecule has 2 aromatic carbocycles. The Balaban J connectivity index is 1.77. The lowest BCUT2D eigenvalue weighted by molar-refractivity contribution is -0.385. The molecule has 0 aliphatic rings. The van der Waals surface area contributed by atoms with Crippen LogP contribution in [0.2, 0.25) is 0 Å². The fourth-order valence-corrected chi connectivity index (χ4v) is 2.56. The van der Waals surface area contributed by atoms with Crippen LogP contribution in [0.4, 0.5) is 21.0 Å². The van der Waals surface area contributed by atoms with Gasteiger partial charge in [-0.05, 0) is 57.9 Å². The third-order valence-electron chi connectivity index (χ3n) is 4.31. The van der Waals surface area contributed by atoms with Gasteiger partial charge in [0.1, 0.15) is 23.2 Å². The molecule has 0 amide bonds.